The zero-order valence-electron chi connectivity index (χ0n) is 8.81. The van der Waals surface area contributed by atoms with E-state index >= 15 is 0 Å². The van der Waals surface area contributed by atoms with E-state index in [2.05, 4.69) is 0 Å². The molecule has 1 aromatic carbocycles. The number of benzene rings is 1. The number of halogens is 4. The molecule has 0 aliphatic rings. The molecule has 0 radical (unpaired) electrons. The first-order valence-corrected chi connectivity index (χ1v) is 6.27. The van der Waals surface area contributed by atoms with E-state index in [-0.39, 0.29) is 57.5 Å². The second-order valence-corrected chi connectivity index (χ2v) is 5.56. The average molecular weight is 328 g/mol. The predicted octanol–water partition coefficient (Wildman–Crippen LogP) is -1.42. The molecule has 1 rings (SSSR count). The maximum Gasteiger partial charge on any atom is 1.00 e. The summed E-state index contributed by atoms with van der Waals surface area (Å²) >= 11 is 0. The maximum absolute atomic E-state index is 12.5. The van der Waals surface area contributed by atoms with Crippen LogP contribution in [0.2, 0.25) is 0 Å². The molecular formula is C6H3BClF3KNO4S. The van der Waals surface area contributed by atoms with E-state index in [0.29, 0.717) is 12.1 Å². The van der Waals surface area contributed by atoms with Crippen LogP contribution >= 0.6 is 10.7 Å². The second kappa shape index (κ2) is 6.20. The largest absolute Gasteiger partial charge is 1.00 e. The molecule has 0 aromatic heterocycles. The Balaban J connectivity index is 0.00000289. The number of nitro benzene ring substituents is 1. The molecule has 0 aliphatic heterocycles. The third-order valence-corrected chi connectivity index (χ3v) is 3.18. The molecule has 0 bridgehead atoms. The molecule has 94 valence electrons. The molecule has 5 nitrogen and oxygen atoms in total. The molecule has 0 fully saturated rings. The number of rotatable bonds is 3. The summed E-state index contributed by atoms with van der Waals surface area (Å²) in [7, 11) is 0.486. The predicted molar refractivity (Wildman–Crippen MR) is 54.8 cm³/mol. The first-order valence-electron chi connectivity index (χ1n) is 3.96. The molecule has 18 heavy (non-hydrogen) atoms. The van der Waals surface area contributed by atoms with Crippen LogP contribution in [0.5, 0.6) is 0 Å². The normalized spacial score (nSPS) is 11.8. The van der Waals surface area contributed by atoms with Gasteiger partial charge in [0.25, 0.3) is 9.05 Å². The van der Waals surface area contributed by atoms with Gasteiger partial charge in [0, 0.05) is 16.7 Å². The Morgan fingerprint density at radius 2 is 1.78 bits per heavy atom. The number of nitro groups is 1. The summed E-state index contributed by atoms with van der Waals surface area (Å²) in [4.78, 5) is 8.29. The number of hydrogen-bond donors (Lipinski definition) is 0. The second-order valence-electron chi connectivity index (χ2n) is 2.99. The molecule has 0 saturated heterocycles. The zero-order valence-corrected chi connectivity index (χ0v) is 13.5. The van der Waals surface area contributed by atoms with Crippen molar-refractivity contribution >= 4 is 37.9 Å². The average Bonchev–Trinajstić information content (AvgIpc) is 2.14. The van der Waals surface area contributed by atoms with E-state index in [1.54, 1.807) is 0 Å². The van der Waals surface area contributed by atoms with E-state index in [0.717, 1.165) is 0 Å². The van der Waals surface area contributed by atoms with Gasteiger partial charge >= 0.3 is 58.4 Å². The zero-order chi connectivity index (χ0) is 13.4. The van der Waals surface area contributed by atoms with Gasteiger partial charge in [-0.2, -0.15) is 0 Å². The Morgan fingerprint density at radius 1 is 1.28 bits per heavy atom. The summed E-state index contributed by atoms with van der Waals surface area (Å²) < 4.78 is 59.1. The topological polar surface area (TPSA) is 77.3 Å². The van der Waals surface area contributed by atoms with Gasteiger partial charge in [0.2, 0.25) is 5.69 Å². The van der Waals surface area contributed by atoms with Crippen LogP contribution in [-0.2, 0) is 9.05 Å². The van der Waals surface area contributed by atoms with Crippen molar-refractivity contribution < 1.29 is 77.7 Å². The van der Waals surface area contributed by atoms with Crippen LogP contribution in [0, 0.1) is 10.1 Å². The first kappa shape index (κ1) is 18.4. The van der Waals surface area contributed by atoms with Gasteiger partial charge in [-0.3, -0.25) is 10.1 Å². The standard InChI is InChI=1S/C6H3BClF3NO4S.K/c8-17(15,16)4-1-2-6(12(13)14)5(3-4)7(9,10)11;/h1-3H;/q-1;+1. The fourth-order valence-corrected chi connectivity index (χ4v) is 1.90. The minimum atomic E-state index is -5.70. The Labute approximate surface area is 147 Å². The molecule has 0 atom stereocenters. The summed E-state index contributed by atoms with van der Waals surface area (Å²) in [6, 6.07) is 1.26. The van der Waals surface area contributed by atoms with E-state index in [1.807, 2.05) is 0 Å². The molecule has 1 aromatic rings. The van der Waals surface area contributed by atoms with E-state index in [1.165, 1.54) is 0 Å². The third kappa shape index (κ3) is 4.47. The molecule has 0 spiro atoms. The van der Waals surface area contributed by atoms with Gasteiger partial charge in [0.1, 0.15) is 0 Å². The van der Waals surface area contributed by atoms with Gasteiger partial charge < -0.3 is 12.9 Å². The number of nitrogens with zero attached hydrogens (tertiary/aromatic N) is 1. The van der Waals surface area contributed by atoms with Gasteiger partial charge in [-0.15, -0.1) is 0 Å². The minimum Gasteiger partial charge on any atom is -0.445 e. The van der Waals surface area contributed by atoms with Crippen molar-refractivity contribution in [1.29, 1.82) is 0 Å². The van der Waals surface area contributed by atoms with E-state index in [4.69, 9.17) is 10.7 Å². The van der Waals surface area contributed by atoms with Crippen LogP contribution in [0.4, 0.5) is 18.6 Å². The fraction of sp³-hybridized carbons (Fsp3) is 0. The Hall–Kier alpha value is 0.351. The van der Waals surface area contributed by atoms with Gasteiger partial charge in [0.15, 0.2) is 0 Å². The molecule has 0 saturated carbocycles. The molecule has 0 N–H and O–H groups in total. The van der Waals surface area contributed by atoms with Crippen LogP contribution < -0.4 is 56.8 Å². The molecule has 0 amide bonds. The van der Waals surface area contributed by atoms with Crippen LogP contribution in [-0.4, -0.2) is 20.3 Å². The fourth-order valence-electron chi connectivity index (χ4n) is 1.11. The summed E-state index contributed by atoms with van der Waals surface area (Å²) in [6.45, 7) is -5.70. The Morgan fingerprint density at radius 3 is 2.11 bits per heavy atom. The Bertz CT molecular complexity index is 579. The van der Waals surface area contributed by atoms with Crippen molar-refractivity contribution in [2.75, 3.05) is 0 Å². The number of hydrogen-bond acceptors (Lipinski definition) is 4. The quantitative estimate of drug-likeness (QED) is 0.295. The molecule has 0 heterocycles. The Kier molecular flexibility index (Phi) is 6.32. The van der Waals surface area contributed by atoms with Gasteiger partial charge in [-0.1, -0.05) is 6.07 Å². The molecule has 12 heteroatoms. The SMILES string of the molecule is O=[N+]([O-])c1ccc(S(=O)(=O)Cl)cc1[B-](F)(F)F.[K+]. The van der Waals surface area contributed by atoms with Crippen LogP contribution in [0.25, 0.3) is 0 Å². The van der Waals surface area contributed by atoms with Gasteiger partial charge in [0.05, 0.1) is 9.82 Å². The van der Waals surface area contributed by atoms with Crippen molar-refractivity contribution in [1.82, 2.24) is 0 Å². The summed E-state index contributed by atoms with van der Waals surface area (Å²) in [6.07, 6.45) is 0. The van der Waals surface area contributed by atoms with E-state index < -0.39 is 37.0 Å². The molecular weight excluding hydrogens is 324 g/mol. The van der Waals surface area contributed by atoms with Crippen molar-refractivity contribution in [2.24, 2.45) is 0 Å². The molecule has 0 unspecified atom stereocenters. The minimum absolute atomic E-state index is 0. The van der Waals surface area contributed by atoms with Gasteiger partial charge in [-0.05, 0) is 11.5 Å². The van der Waals surface area contributed by atoms with Crippen molar-refractivity contribution in [3.05, 3.63) is 28.3 Å². The van der Waals surface area contributed by atoms with Crippen molar-refractivity contribution in [3.63, 3.8) is 0 Å². The van der Waals surface area contributed by atoms with Crippen molar-refractivity contribution in [3.8, 4) is 0 Å². The van der Waals surface area contributed by atoms with Crippen LogP contribution in [0.15, 0.2) is 23.1 Å². The summed E-state index contributed by atoms with van der Waals surface area (Å²) in [5.74, 6) is 0. The van der Waals surface area contributed by atoms with E-state index in [9.17, 15) is 31.5 Å². The molecule has 0 aliphatic carbocycles. The monoisotopic (exact) mass is 327 g/mol. The first-order chi connectivity index (χ1) is 7.53. The summed E-state index contributed by atoms with van der Waals surface area (Å²) in [5, 5.41) is 10.4. The van der Waals surface area contributed by atoms with Gasteiger partial charge in [-0.25, -0.2) is 8.42 Å². The van der Waals surface area contributed by atoms with Crippen LogP contribution in [0.1, 0.15) is 0 Å². The summed E-state index contributed by atoms with van der Waals surface area (Å²) in [5.41, 5.74) is -2.81. The smallest absolute Gasteiger partial charge is 0.445 e. The van der Waals surface area contributed by atoms with Crippen molar-refractivity contribution in [2.45, 2.75) is 4.90 Å². The van der Waals surface area contributed by atoms with Crippen LogP contribution in [0.3, 0.4) is 0 Å². The maximum atomic E-state index is 12.5. The third-order valence-electron chi connectivity index (χ3n) is 1.83.